The molecule has 2 aromatic rings. The third-order valence-corrected chi connectivity index (χ3v) is 4.55. The number of nitrogens with zero attached hydrogens (tertiary/aromatic N) is 2. The average Bonchev–Trinajstić information content (AvgIpc) is 2.77. The molecule has 0 spiro atoms. The quantitative estimate of drug-likeness (QED) is 0.847. The molecule has 0 radical (unpaired) electrons. The van der Waals surface area contributed by atoms with E-state index < -0.39 is 10.0 Å². The number of pyridine rings is 1. The number of hydrogen-bond acceptors (Lipinski definition) is 6. The van der Waals surface area contributed by atoms with E-state index in [1.165, 1.54) is 0 Å². The van der Waals surface area contributed by atoms with Gasteiger partial charge in [-0.25, -0.2) is 13.4 Å². The van der Waals surface area contributed by atoms with Gasteiger partial charge in [0.25, 0.3) is 10.0 Å². The lowest BCUT2D eigenvalue weighted by Crippen LogP contribution is -2.15. The van der Waals surface area contributed by atoms with E-state index in [-0.39, 0.29) is 16.5 Å². The van der Waals surface area contributed by atoms with Crippen molar-refractivity contribution in [1.29, 1.82) is 0 Å². The van der Waals surface area contributed by atoms with Crippen LogP contribution >= 0.6 is 0 Å². The van der Waals surface area contributed by atoms with Crippen LogP contribution in [0.4, 0.5) is 11.5 Å². The van der Waals surface area contributed by atoms with Crippen LogP contribution in [0.25, 0.3) is 0 Å². The molecule has 0 aliphatic rings. The third kappa shape index (κ3) is 3.76. The van der Waals surface area contributed by atoms with E-state index in [2.05, 4.69) is 34.0 Å². The number of nitrogens with one attached hydrogen (secondary N) is 2. The fourth-order valence-electron chi connectivity index (χ4n) is 1.93. The highest BCUT2D eigenvalue weighted by Gasteiger charge is 2.24. The van der Waals surface area contributed by atoms with E-state index in [1.54, 1.807) is 32.2 Å². The predicted octanol–water partition coefficient (Wildman–Crippen LogP) is 2.56. The van der Waals surface area contributed by atoms with Crippen molar-refractivity contribution in [3.8, 4) is 0 Å². The molecule has 0 aromatic carbocycles. The molecule has 8 heteroatoms. The molecule has 0 atom stereocenters. The molecular formula is C14H20N4O3S. The first-order valence-corrected chi connectivity index (χ1v) is 8.43. The van der Waals surface area contributed by atoms with Crippen molar-refractivity contribution in [2.45, 2.75) is 32.6 Å². The summed E-state index contributed by atoms with van der Waals surface area (Å²) in [6, 6.07) is 3.39. The van der Waals surface area contributed by atoms with Gasteiger partial charge in [0.05, 0.1) is 11.9 Å². The summed E-state index contributed by atoms with van der Waals surface area (Å²) in [5.74, 6) is 1.01. The summed E-state index contributed by atoms with van der Waals surface area (Å²) in [5.41, 5.74) is 1.16. The molecule has 0 aliphatic heterocycles. The van der Waals surface area contributed by atoms with Crippen molar-refractivity contribution in [3.63, 3.8) is 0 Å². The van der Waals surface area contributed by atoms with Crippen LogP contribution in [0.5, 0.6) is 0 Å². The van der Waals surface area contributed by atoms with Gasteiger partial charge in [0, 0.05) is 6.54 Å². The summed E-state index contributed by atoms with van der Waals surface area (Å²) in [5, 5.41) is 6.87. The Kier molecular flexibility index (Phi) is 4.70. The summed E-state index contributed by atoms with van der Waals surface area (Å²) in [6.45, 7) is 8.17. The predicted molar refractivity (Wildman–Crippen MR) is 84.4 cm³/mol. The maximum absolute atomic E-state index is 12.3. The smallest absolute Gasteiger partial charge is 0.268 e. The Balaban J connectivity index is 2.13. The molecule has 0 amide bonds. The number of sulfonamides is 1. The molecule has 7 nitrogen and oxygen atoms in total. The summed E-state index contributed by atoms with van der Waals surface area (Å²) in [6.07, 6.45) is 1.59. The van der Waals surface area contributed by atoms with Crippen molar-refractivity contribution < 1.29 is 12.9 Å². The van der Waals surface area contributed by atoms with Gasteiger partial charge in [-0.2, -0.15) is 0 Å². The van der Waals surface area contributed by atoms with Gasteiger partial charge in [0.15, 0.2) is 10.7 Å². The van der Waals surface area contributed by atoms with Crippen molar-refractivity contribution in [1.82, 2.24) is 10.1 Å². The first-order valence-electron chi connectivity index (χ1n) is 6.95. The fourth-order valence-corrected chi connectivity index (χ4v) is 3.27. The zero-order chi connectivity index (χ0) is 16.3. The first-order chi connectivity index (χ1) is 10.3. The van der Waals surface area contributed by atoms with Gasteiger partial charge in [-0.15, -0.1) is 0 Å². The Morgan fingerprint density at radius 2 is 2.00 bits per heavy atom. The molecule has 0 saturated carbocycles. The van der Waals surface area contributed by atoms with Crippen LogP contribution in [-0.4, -0.2) is 25.1 Å². The standard InChI is InChI=1S/C14H20N4O3S/c1-9(2)7-15-12-5-6-13(16-8-12)18-22(19,20)14-10(3)17-21-11(14)4/h5-6,8-9,15H,7H2,1-4H3,(H,16,18). The van der Waals surface area contributed by atoms with Crippen LogP contribution in [-0.2, 0) is 10.0 Å². The van der Waals surface area contributed by atoms with Crippen LogP contribution < -0.4 is 10.0 Å². The van der Waals surface area contributed by atoms with E-state index in [0.29, 0.717) is 11.6 Å². The minimum atomic E-state index is -3.76. The Labute approximate surface area is 130 Å². The second-order valence-corrected chi connectivity index (χ2v) is 7.08. The number of rotatable bonds is 6. The van der Waals surface area contributed by atoms with E-state index in [9.17, 15) is 8.42 Å². The second kappa shape index (κ2) is 6.35. The van der Waals surface area contributed by atoms with Crippen molar-refractivity contribution in [2.75, 3.05) is 16.6 Å². The second-order valence-electron chi connectivity index (χ2n) is 5.47. The molecule has 0 fully saturated rings. The van der Waals surface area contributed by atoms with Gasteiger partial charge in [-0.3, -0.25) is 4.72 Å². The molecule has 0 aliphatic carbocycles. The van der Waals surface area contributed by atoms with Crippen molar-refractivity contribution >= 4 is 21.5 Å². The maximum Gasteiger partial charge on any atom is 0.268 e. The number of hydrogen-bond donors (Lipinski definition) is 2. The van der Waals surface area contributed by atoms with E-state index >= 15 is 0 Å². The minimum Gasteiger partial charge on any atom is -0.384 e. The Morgan fingerprint density at radius 1 is 1.27 bits per heavy atom. The molecule has 22 heavy (non-hydrogen) atoms. The molecule has 0 bridgehead atoms. The SMILES string of the molecule is Cc1noc(C)c1S(=O)(=O)Nc1ccc(NCC(C)C)cn1. The van der Waals surface area contributed by atoms with Gasteiger partial charge in [0.2, 0.25) is 0 Å². The highest BCUT2D eigenvalue weighted by molar-refractivity contribution is 7.92. The largest absolute Gasteiger partial charge is 0.384 e. The maximum atomic E-state index is 12.3. The fraction of sp³-hybridized carbons (Fsp3) is 0.429. The summed E-state index contributed by atoms with van der Waals surface area (Å²) in [4.78, 5) is 4.16. The van der Waals surface area contributed by atoms with E-state index in [4.69, 9.17) is 4.52 Å². The molecule has 2 rings (SSSR count). The Morgan fingerprint density at radius 3 is 2.50 bits per heavy atom. The van der Waals surface area contributed by atoms with Crippen LogP contribution in [0.3, 0.4) is 0 Å². The molecular weight excluding hydrogens is 304 g/mol. The molecule has 2 heterocycles. The summed E-state index contributed by atoms with van der Waals surface area (Å²) >= 11 is 0. The van der Waals surface area contributed by atoms with E-state index in [0.717, 1.165) is 12.2 Å². The minimum absolute atomic E-state index is 0.0521. The third-order valence-electron chi connectivity index (χ3n) is 2.95. The lowest BCUT2D eigenvalue weighted by Gasteiger charge is -2.10. The van der Waals surface area contributed by atoms with E-state index in [1.807, 2.05) is 0 Å². The Hall–Kier alpha value is -2.09. The normalized spacial score (nSPS) is 11.7. The van der Waals surface area contributed by atoms with Crippen LogP contribution in [0.15, 0.2) is 27.7 Å². The van der Waals surface area contributed by atoms with Gasteiger partial charge in [-0.1, -0.05) is 19.0 Å². The van der Waals surface area contributed by atoms with Crippen molar-refractivity contribution in [2.24, 2.45) is 5.92 Å². The average molecular weight is 324 g/mol. The first kappa shape index (κ1) is 16.3. The number of aromatic nitrogens is 2. The molecule has 0 unspecified atom stereocenters. The van der Waals surface area contributed by atoms with Gasteiger partial charge in [-0.05, 0) is 31.9 Å². The highest BCUT2D eigenvalue weighted by Crippen LogP contribution is 2.22. The topological polar surface area (TPSA) is 97.1 Å². The molecule has 2 N–H and O–H groups in total. The van der Waals surface area contributed by atoms with Gasteiger partial charge >= 0.3 is 0 Å². The van der Waals surface area contributed by atoms with Crippen LogP contribution in [0.2, 0.25) is 0 Å². The zero-order valence-electron chi connectivity index (χ0n) is 13.0. The summed E-state index contributed by atoms with van der Waals surface area (Å²) < 4.78 is 32.0. The Bertz CT molecular complexity index is 716. The number of aryl methyl sites for hydroxylation is 2. The highest BCUT2D eigenvalue weighted by atomic mass is 32.2. The van der Waals surface area contributed by atoms with Crippen LogP contribution in [0, 0.1) is 19.8 Å². The lowest BCUT2D eigenvalue weighted by atomic mass is 10.2. The summed E-state index contributed by atoms with van der Waals surface area (Å²) in [7, 11) is -3.76. The van der Waals surface area contributed by atoms with Crippen molar-refractivity contribution in [3.05, 3.63) is 29.8 Å². The number of anilines is 2. The van der Waals surface area contributed by atoms with Gasteiger partial charge < -0.3 is 9.84 Å². The van der Waals surface area contributed by atoms with Crippen LogP contribution in [0.1, 0.15) is 25.3 Å². The monoisotopic (exact) mass is 324 g/mol. The zero-order valence-corrected chi connectivity index (χ0v) is 13.9. The lowest BCUT2D eigenvalue weighted by molar-refractivity contribution is 0.390. The molecule has 0 saturated heterocycles. The molecule has 120 valence electrons. The molecule has 2 aromatic heterocycles. The van der Waals surface area contributed by atoms with Gasteiger partial charge in [0.1, 0.15) is 11.5 Å².